The second-order valence-electron chi connectivity index (χ2n) is 3.72. The van der Waals surface area contributed by atoms with Gasteiger partial charge in [-0.2, -0.15) is 0 Å². The Labute approximate surface area is 82.3 Å². The predicted molar refractivity (Wildman–Crippen MR) is 46.5 cm³/mol. The number of esters is 2. The molecule has 0 aromatic carbocycles. The molecule has 0 spiro atoms. The quantitative estimate of drug-likeness (QED) is 0.479. The molecule has 1 fully saturated rings. The molecule has 5 heteroatoms. The molecular weight excluding hydrogens is 188 g/mol. The van der Waals surface area contributed by atoms with Crippen molar-refractivity contribution in [2.45, 2.75) is 13.3 Å². The molecule has 0 aromatic heterocycles. The Bertz CT molecular complexity index is 231. The maximum absolute atomic E-state index is 11.0. The summed E-state index contributed by atoms with van der Waals surface area (Å²) in [7, 11) is 1.23. The number of carbonyl (C=O) groups is 2. The fourth-order valence-electron chi connectivity index (χ4n) is 1.03. The average Bonchev–Trinajstić information content (AvgIpc) is 2.11. The molecule has 1 saturated heterocycles. The molecule has 1 heterocycles. The van der Waals surface area contributed by atoms with Crippen LogP contribution in [0.1, 0.15) is 13.3 Å². The lowest BCUT2D eigenvalue weighted by atomic mass is 9.90. The summed E-state index contributed by atoms with van der Waals surface area (Å²) in [6, 6.07) is 0. The SMILES string of the molecule is COC(=O)CC(=O)OCC1(C)COC1. The molecule has 0 N–H and O–H groups in total. The van der Waals surface area contributed by atoms with Crippen LogP contribution in [-0.4, -0.2) is 38.9 Å². The number of hydrogen-bond acceptors (Lipinski definition) is 5. The maximum Gasteiger partial charge on any atom is 0.317 e. The average molecular weight is 202 g/mol. The number of hydrogen-bond donors (Lipinski definition) is 0. The van der Waals surface area contributed by atoms with E-state index in [-0.39, 0.29) is 11.8 Å². The summed E-state index contributed by atoms with van der Waals surface area (Å²) in [6.07, 6.45) is -0.326. The van der Waals surface area contributed by atoms with Crippen molar-refractivity contribution in [3.05, 3.63) is 0 Å². The van der Waals surface area contributed by atoms with Crippen LogP contribution in [0.3, 0.4) is 0 Å². The zero-order valence-corrected chi connectivity index (χ0v) is 8.37. The van der Waals surface area contributed by atoms with Gasteiger partial charge >= 0.3 is 11.9 Å². The van der Waals surface area contributed by atoms with Gasteiger partial charge in [-0.25, -0.2) is 0 Å². The first-order valence-corrected chi connectivity index (χ1v) is 4.36. The molecule has 0 radical (unpaired) electrons. The molecule has 0 unspecified atom stereocenters. The van der Waals surface area contributed by atoms with Gasteiger partial charge in [0.25, 0.3) is 0 Å². The van der Waals surface area contributed by atoms with E-state index in [1.807, 2.05) is 6.92 Å². The van der Waals surface area contributed by atoms with Crippen LogP contribution in [0.4, 0.5) is 0 Å². The van der Waals surface area contributed by atoms with Gasteiger partial charge in [0.05, 0.1) is 20.3 Å². The van der Waals surface area contributed by atoms with Gasteiger partial charge in [0.15, 0.2) is 0 Å². The van der Waals surface area contributed by atoms with Crippen LogP contribution in [0.15, 0.2) is 0 Å². The second-order valence-corrected chi connectivity index (χ2v) is 3.72. The zero-order chi connectivity index (χ0) is 10.6. The van der Waals surface area contributed by atoms with Gasteiger partial charge in [0.2, 0.25) is 0 Å². The summed E-state index contributed by atoms with van der Waals surface area (Å²) in [5, 5.41) is 0. The van der Waals surface area contributed by atoms with Crippen molar-refractivity contribution in [2.24, 2.45) is 5.41 Å². The van der Waals surface area contributed by atoms with Crippen LogP contribution >= 0.6 is 0 Å². The lowest BCUT2D eigenvalue weighted by molar-refractivity contribution is -0.168. The molecule has 1 aliphatic heterocycles. The van der Waals surface area contributed by atoms with Crippen molar-refractivity contribution in [1.82, 2.24) is 0 Å². The highest BCUT2D eigenvalue weighted by Gasteiger charge is 2.34. The third-order valence-corrected chi connectivity index (χ3v) is 2.00. The molecular formula is C9H14O5. The van der Waals surface area contributed by atoms with Gasteiger partial charge in [-0.05, 0) is 0 Å². The lowest BCUT2D eigenvalue weighted by Crippen LogP contribution is -2.44. The van der Waals surface area contributed by atoms with E-state index in [1.54, 1.807) is 0 Å². The summed E-state index contributed by atoms with van der Waals surface area (Å²) < 4.78 is 14.2. The summed E-state index contributed by atoms with van der Waals surface area (Å²) in [6.45, 7) is 3.45. The van der Waals surface area contributed by atoms with E-state index in [0.29, 0.717) is 19.8 Å². The number of ether oxygens (including phenoxy) is 3. The van der Waals surface area contributed by atoms with E-state index in [4.69, 9.17) is 9.47 Å². The first kappa shape index (κ1) is 11.0. The number of carbonyl (C=O) groups excluding carboxylic acids is 2. The van der Waals surface area contributed by atoms with E-state index >= 15 is 0 Å². The van der Waals surface area contributed by atoms with E-state index < -0.39 is 11.9 Å². The summed E-state index contributed by atoms with van der Waals surface area (Å²) in [5.41, 5.74) is -0.0776. The molecule has 0 saturated carbocycles. The minimum absolute atomic E-state index is 0.0776. The molecule has 0 aliphatic carbocycles. The van der Waals surface area contributed by atoms with Gasteiger partial charge < -0.3 is 14.2 Å². The minimum Gasteiger partial charge on any atom is -0.469 e. The van der Waals surface area contributed by atoms with Crippen LogP contribution < -0.4 is 0 Å². The third-order valence-electron chi connectivity index (χ3n) is 2.00. The first-order valence-electron chi connectivity index (χ1n) is 4.36. The monoisotopic (exact) mass is 202 g/mol. The van der Waals surface area contributed by atoms with Crippen molar-refractivity contribution in [3.8, 4) is 0 Å². The molecule has 1 rings (SSSR count). The van der Waals surface area contributed by atoms with Crippen LogP contribution in [0.25, 0.3) is 0 Å². The van der Waals surface area contributed by atoms with Gasteiger partial charge in [-0.3, -0.25) is 9.59 Å². The Morgan fingerprint density at radius 2 is 2.00 bits per heavy atom. The topological polar surface area (TPSA) is 61.8 Å². The molecule has 0 aromatic rings. The lowest BCUT2D eigenvalue weighted by Gasteiger charge is -2.37. The molecule has 0 atom stereocenters. The fourth-order valence-corrected chi connectivity index (χ4v) is 1.03. The molecule has 80 valence electrons. The predicted octanol–water partition coefficient (Wildman–Crippen LogP) is 0.129. The van der Waals surface area contributed by atoms with Crippen molar-refractivity contribution in [1.29, 1.82) is 0 Å². The Kier molecular flexibility index (Phi) is 3.46. The fraction of sp³-hybridized carbons (Fsp3) is 0.778. The molecule has 0 amide bonds. The number of rotatable bonds is 4. The van der Waals surface area contributed by atoms with Crippen LogP contribution in [0.2, 0.25) is 0 Å². The molecule has 5 nitrogen and oxygen atoms in total. The van der Waals surface area contributed by atoms with Crippen molar-refractivity contribution >= 4 is 11.9 Å². The molecule has 1 aliphatic rings. The van der Waals surface area contributed by atoms with Gasteiger partial charge in [-0.15, -0.1) is 0 Å². The zero-order valence-electron chi connectivity index (χ0n) is 8.37. The van der Waals surface area contributed by atoms with Crippen molar-refractivity contribution in [2.75, 3.05) is 26.9 Å². The Balaban J connectivity index is 2.17. The Morgan fingerprint density at radius 1 is 1.36 bits per heavy atom. The van der Waals surface area contributed by atoms with Gasteiger partial charge in [0, 0.05) is 5.41 Å². The van der Waals surface area contributed by atoms with E-state index in [2.05, 4.69) is 4.74 Å². The van der Waals surface area contributed by atoms with Gasteiger partial charge in [0.1, 0.15) is 13.0 Å². The van der Waals surface area contributed by atoms with E-state index in [1.165, 1.54) is 7.11 Å². The van der Waals surface area contributed by atoms with Gasteiger partial charge in [-0.1, -0.05) is 6.92 Å². The van der Waals surface area contributed by atoms with Crippen LogP contribution in [0.5, 0.6) is 0 Å². The summed E-state index contributed by atoms with van der Waals surface area (Å²) in [5.74, 6) is -1.13. The van der Waals surface area contributed by atoms with E-state index in [0.717, 1.165) is 0 Å². The summed E-state index contributed by atoms with van der Waals surface area (Å²) >= 11 is 0. The first-order chi connectivity index (χ1) is 6.56. The smallest absolute Gasteiger partial charge is 0.317 e. The van der Waals surface area contributed by atoms with Crippen LogP contribution in [-0.2, 0) is 23.8 Å². The van der Waals surface area contributed by atoms with Crippen LogP contribution in [0, 0.1) is 5.41 Å². The largest absolute Gasteiger partial charge is 0.469 e. The Hall–Kier alpha value is -1.10. The minimum atomic E-state index is -0.579. The number of methoxy groups -OCH3 is 1. The van der Waals surface area contributed by atoms with Crippen molar-refractivity contribution < 1.29 is 23.8 Å². The standard InChI is InChI=1S/C9H14O5/c1-9(4-13-5-9)6-14-8(11)3-7(10)12-2/h3-6H2,1-2H3. The van der Waals surface area contributed by atoms with E-state index in [9.17, 15) is 9.59 Å². The summed E-state index contributed by atoms with van der Waals surface area (Å²) in [4.78, 5) is 21.7. The normalized spacial score (nSPS) is 18.1. The molecule has 0 bridgehead atoms. The third kappa shape index (κ3) is 2.99. The highest BCUT2D eigenvalue weighted by molar-refractivity contribution is 5.91. The second kappa shape index (κ2) is 4.41. The van der Waals surface area contributed by atoms with Crippen molar-refractivity contribution in [3.63, 3.8) is 0 Å². The Morgan fingerprint density at radius 3 is 2.43 bits per heavy atom. The molecule has 14 heavy (non-hydrogen) atoms. The maximum atomic E-state index is 11.0. The highest BCUT2D eigenvalue weighted by atomic mass is 16.6. The highest BCUT2D eigenvalue weighted by Crippen LogP contribution is 2.26.